The van der Waals surface area contributed by atoms with Crippen LogP contribution in [0.15, 0.2) is 18.2 Å². The number of benzene rings is 1. The smallest absolute Gasteiger partial charge is 0.161 e. The molecular formula is C18H26N2O3. The molecule has 1 saturated carbocycles. The molecular weight excluding hydrogens is 292 g/mol. The summed E-state index contributed by atoms with van der Waals surface area (Å²) in [4.78, 5) is 0. The molecule has 1 aromatic rings. The minimum Gasteiger partial charge on any atom is -0.493 e. The maximum Gasteiger partial charge on any atom is 0.161 e. The van der Waals surface area contributed by atoms with E-state index < -0.39 is 5.60 Å². The van der Waals surface area contributed by atoms with E-state index in [-0.39, 0.29) is 0 Å². The molecule has 1 aliphatic rings. The zero-order valence-corrected chi connectivity index (χ0v) is 13.8. The molecule has 0 bridgehead atoms. The Balaban J connectivity index is 1.87. The van der Waals surface area contributed by atoms with Crippen molar-refractivity contribution >= 4 is 0 Å². The minimum atomic E-state index is -0.539. The van der Waals surface area contributed by atoms with Crippen LogP contribution >= 0.6 is 0 Å². The molecule has 5 heteroatoms. The van der Waals surface area contributed by atoms with E-state index >= 15 is 0 Å². The van der Waals surface area contributed by atoms with E-state index in [2.05, 4.69) is 11.4 Å². The molecule has 0 unspecified atom stereocenters. The Labute approximate surface area is 138 Å². The first kappa shape index (κ1) is 17.6. The van der Waals surface area contributed by atoms with Crippen LogP contribution in [0.25, 0.3) is 0 Å². The maximum atomic E-state index is 10.3. The van der Waals surface area contributed by atoms with Gasteiger partial charge in [0.1, 0.15) is 0 Å². The fourth-order valence-electron chi connectivity index (χ4n) is 2.93. The van der Waals surface area contributed by atoms with Crippen LogP contribution in [0.1, 0.15) is 44.1 Å². The Bertz CT molecular complexity index is 534. The molecule has 0 radical (unpaired) electrons. The van der Waals surface area contributed by atoms with Crippen LogP contribution in [-0.2, 0) is 6.54 Å². The van der Waals surface area contributed by atoms with Crippen molar-refractivity contribution in [3.63, 3.8) is 0 Å². The highest BCUT2D eigenvalue weighted by Crippen LogP contribution is 2.30. The molecule has 0 spiro atoms. The van der Waals surface area contributed by atoms with E-state index in [4.69, 9.17) is 14.7 Å². The van der Waals surface area contributed by atoms with Crippen LogP contribution in [0.4, 0.5) is 0 Å². The van der Waals surface area contributed by atoms with Gasteiger partial charge in [-0.05, 0) is 37.0 Å². The van der Waals surface area contributed by atoms with E-state index in [1.165, 1.54) is 0 Å². The summed E-state index contributed by atoms with van der Waals surface area (Å²) in [5.74, 6) is 1.39. The number of aliphatic hydroxyl groups is 1. The van der Waals surface area contributed by atoms with Crippen molar-refractivity contribution in [3.05, 3.63) is 23.8 Å². The van der Waals surface area contributed by atoms with Gasteiger partial charge >= 0.3 is 0 Å². The summed E-state index contributed by atoms with van der Waals surface area (Å²) < 4.78 is 11.0. The zero-order chi connectivity index (χ0) is 16.5. The van der Waals surface area contributed by atoms with Gasteiger partial charge < -0.3 is 19.9 Å². The standard InChI is InChI=1S/C18H26N2O3/c1-22-16-7-6-15(12-17(16)23-11-5-4-10-19)13-20-14-18(21)8-2-3-9-18/h6-7,12,20-21H,2-5,8-9,11,13-14H2,1H3. The van der Waals surface area contributed by atoms with Crippen molar-refractivity contribution in [2.45, 2.75) is 50.7 Å². The number of rotatable bonds is 9. The molecule has 0 amide bonds. The van der Waals surface area contributed by atoms with Gasteiger partial charge in [0.2, 0.25) is 0 Å². The van der Waals surface area contributed by atoms with Gasteiger partial charge in [-0.3, -0.25) is 0 Å². The third-order valence-electron chi connectivity index (χ3n) is 4.24. The molecule has 1 fully saturated rings. The second kappa shape index (κ2) is 8.76. The molecule has 0 heterocycles. The van der Waals surface area contributed by atoms with Crippen LogP contribution in [0.5, 0.6) is 11.5 Å². The number of nitrogens with zero attached hydrogens (tertiary/aromatic N) is 1. The molecule has 1 aromatic carbocycles. The lowest BCUT2D eigenvalue weighted by Gasteiger charge is -2.22. The molecule has 5 nitrogen and oxygen atoms in total. The molecule has 0 aliphatic heterocycles. The molecule has 126 valence electrons. The van der Waals surface area contributed by atoms with Crippen molar-refractivity contribution in [3.8, 4) is 17.6 Å². The van der Waals surface area contributed by atoms with Crippen molar-refractivity contribution < 1.29 is 14.6 Å². The summed E-state index contributed by atoms with van der Waals surface area (Å²) in [6.07, 6.45) is 5.19. The zero-order valence-electron chi connectivity index (χ0n) is 13.8. The van der Waals surface area contributed by atoms with Crippen molar-refractivity contribution in [1.29, 1.82) is 5.26 Å². The highest BCUT2D eigenvalue weighted by molar-refractivity contribution is 5.42. The van der Waals surface area contributed by atoms with Gasteiger partial charge in [0.25, 0.3) is 0 Å². The molecule has 2 N–H and O–H groups in total. The van der Waals surface area contributed by atoms with E-state index in [0.717, 1.165) is 31.2 Å². The van der Waals surface area contributed by atoms with Gasteiger partial charge in [0.15, 0.2) is 11.5 Å². The second-order valence-electron chi connectivity index (χ2n) is 6.13. The maximum absolute atomic E-state index is 10.3. The summed E-state index contributed by atoms with van der Waals surface area (Å²) >= 11 is 0. The lowest BCUT2D eigenvalue weighted by atomic mass is 10.0. The number of methoxy groups -OCH3 is 1. The number of ether oxygens (including phenoxy) is 2. The lowest BCUT2D eigenvalue weighted by molar-refractivity contribution is 0.0475. The lowest BCUT2D eigenvalue weighted by Crippen LogP contribution is -2.37. The first-order chi connectivity index (χ1) is 11.2. The first-order valence-electron chi connectivity index (χ1n) is 8.27. The average Bonchev–Trinajstić information content (AvgIpc) is 2.98. The number of nitrogens with one attached hydrogen (secondary N) is 1. The fourth-order valence-corrected chi connectivity index (χ4v) is 2.93. The van der Waals surface area contributed by atoms with Crippen LogP contribution in [-0.4, -0.2) is 31.0 Å². The van der Waals surface area contributed by atoms with Crippen LogP contribution < -0.4 is 14.8 Å². The van der Waals surface area contributed by atoms with Crippen molar-refractivity contribution in [1.82, 2.24) is 5.32 Å². The Hall–Kier alpha value is -1.77. The Kier molecular flexibility index (Phi) is 6.69. The predicted molar refractivity (Wildman–Crippen MR) is 88.5 cm³/mol. The van der Waals surface area contributed by atoms with Gasteiger partial charge in [0.05, 0.1) is 25.4 Å². The first-order valence-corrected chi connectivity index (χ1v) is 8.27. The van der Waals surface area contributed by atoms with E-state index in [9.17, 15) is 5.11 Å². The summed E-state index contributed by atoms with van der Waals surface area (Å²) in [5, 5.41) is 22.2. The third-order valence-corrected chi connectivity index (χ3v) is 4.24. The Morgan fingerprint density at radius 1 is 1.30 bits per heavy atom. The summed E-state index contributed by atoms with van der Waals surface area (Å²) in [6.45, 7) is 1.80. The summed E-state index contributed by atoms with van der Waals surface area (Å²) in [6, 6.07) is 7.94. The van der Waals surface area contributed by atoms with E-state index in [1.807, 2.05) is 18.2 Å². The normalized spacial score (nSPS) is 16.0. The summed E-state index contributed by atoms with van der Waals surface area (Å²) in [5.41, 5.74) is 0.547. The van der Waals surface area contributed by atoms with E-state index in [0.29, 0.717) is 44.0 Å². The highest BCUT2D eigenvalue weighted by atomic mass is 16.5. The molecule has 0 aromatic heterocycles. The average molecular weight is 318 g/mol. The van der Waals surface area contributed by atoms with Crippen LogP contribution in [0.2, 0.25) is 0 Å². The predicted octanol–water partition coefficient (Wildman–Crippen LogP) is 2.77. The number of nitriles is 1. The highest BCUT2D eigenvalue weighted by Gasteiger charge is 2.30. The van der Waals surface area contributed by atoms with E-state index in [1.54, 1.807) is 7.11 Å². The molecule has 2 rings (SSSR count). The minimum absolute atomic E-state index is 0.488. The molecule has 0 saturated heterocycles. The van der Waals surface area contributed by atoms with Crippen molar-refractivity contribution in [2.24, 2.45) is 0 Å². The van der Waals surface area contributed by atoms with Gasteiger partial charge in [-0.25, -0.2) is 0 Å². The molecule has 23 heavy (non-hydrogen) atoms. The van der Waals surface area contributed by atoms with Gasteiger partial charge in [-0.2, -0.15) is 5.26 Å². The number of hydrogen-bond donors (Lipinski definition) is 2. The third kappa shape index (κ3) is 5.42. The SMILES string of the molecule is COc1ccc(CNCC2(O)CCCC2)cc1OCCCC#N. The summed E-state index contributed by atoms with van der Waals surface area (Å²) in [7, 11) is 1.62. The van der Waals surface area contributed by atoms with Crippen LogP contribution in [0.3, 0.4) is 0 Å². The monoisotopic (exact) mass is 318 g/mol. The van der Waals surface area contributed by atoms with Gasteiger partial charge in [-0.15, -0.1) is 0 Å². The van der Waals surface area contributed by atoms with Gasteiger partial charge in [0, 0.05) is 19.5 Å². The topological polar surface area (TPSA) is 74.5 Å². The fraction of sp³-hybridized carbons (Fsp3) is 0.611. The largest absolute Gasteiger partial charge is 0.493 e. The Morgan fingerprint density at radius 2 is 2.09 bits per heavy atom. The molecule has 1 aliphatic carbocycles. The number of unbranched alkanes of at least 4 members (excludes halogenated alkanes) is 1. The number of hydrogen-bond acceptors (Lipinski definition) is 5. The second-order valence-corrected chi connectivity index (χ2v) is 6.13. The quantitative estimate of drug-likeness (QED) is 0.685. The van der Waals surface area contributed by atoms with Crippen LogP contribution in [0, 0.1) is 11.3 Å². The van der Waals surface area contributed by atoms with Gasteiger partial charge in [-0.1, -0.05) is 18.9 Å². The van der Waals surface area contributed by atoms with Crippen molar-refractivity contribution in [2.75, 3.05) is 20.3 Å². The molecule has 0 atom stereocenters. The Morgan fingerprint density at radius 3 is 2.78 bits per heavy atom.